The largest absolute Gasteiger partial charge is 0.380 e. The molecular weight excluding hydrogens is 344 g/mol. The average molecular weight is 381 g/mol. The minimum absolute atomic E-state index is 0.0757. The van der Waals surface area contributed by atoms with E-state index in [1.165, 1.54) is 35.4 Å². The predicted octanol–water partition coefficient (Wildman–Crippen LogP) is 5.81. The molecule has 0 radical (unpaired) electrons. The Morgan fingerprint density at radius 3 is 2.40 bits per heavy atom. The van der Waals surface area contributed by atoms with Crippen molar-refractivity contribution in [1.82, 2.24) is 5.32 Å². The number of hydrogen-bond acceptors (Lipinski definition) is 4. The van der Waals surface area contributed by atoms with Gasteiger partial charge in [0.05, 0.1) is 0 Å². The van der Waals surface area contributed by atoms with Crippen LogP contribution in [-0.4, -0.2) is 34.9 Å². The van der Waals surface area contributed by atoms with Crippen molar-refractivity contribution in [2.24, 2.45) is 0 Å². The molecule has 0 spiro atoms. The van der Waals surface area contributed by atoms with Gasteiger partial charge in [0.2, 0.25) is 0 Å². The van der Waals surface area contributed by atoms with Gasteiger partial charge < -0.3 is 10.6 Å². The van der Waals surface area contributed by atoms with Crippen LogP contribution in [0.25, 0.3) is 0 Å². The Balaban J connectivity index is 2.16. The molecule has 2 unspecified atom stereocenters. The summed E-state index contributed by atoms with van der Waals surface area (Å²) in [5.41, 5.74) is 2.88. The standard InChI is InChI=1S/C21H36N2S2/c1-20(2,3)22-17-12-8-10-15(19(17)25-7)14-21(4,5)23-16-11-9-13-18(16)24-6/h8,10,12,16,18,22-23H,9,11,13-14H2,1-7H3. The van der Waals surface area contributed by atoms with E-state index < -0.39 is 0 Å². The van der Waals surface area contributed by atoms with Gasteiger partial charge in [-0.2, -0.15) is 11.8 Å². The van der Waals surface area contributed by atoms with Gasteiger partial charge in [0.15, 0.2) is 0 Å². The Bertz CT molecular complexity index is 564. The Kier molecular flexibility index (Phi) is 7.20. The monoisotopic (exact) mass is 380 g/mol. The van der Waals surface area contributed by atoms with Crippen LogP contribution in [0.4, 0.5) is 5.69 Å². The summed E-state index contributed by atoms with van der Waals surface area (Å²) in [7, 11) is 0. The first-order valence-corrected chi connectivity index (χ1v) is 11.9. The van der Waals surface area contributed by atoms with Crippen LogP contribution in [0.3, 0.4) is 0 Å². The maximum absolute atomic E-state index is 3.97. The summed E-state index contributed by atoms with van der Waals surface area (Å²) in [5, 5.41) is 8.42. The van der Waals surface area contributed by atoms with Crippen LogP contribution in [0, 0.1) is 0 Å². The number of hydrogen-bond donors (Lipinski definition) is 2. The molecule has 0 bridgehead atoms. The number of anilines is 1. The van der Waals surface area contributed by atoms with E-state index >= 15 is 0 Å². The smallest absolute Gasteiger partial charge is 0.0485 e. The summed E-state index contributed by atoms with van der Waals surface area (Å²) >= 11 is 3.88. The molecule has 0 saturated heterocycles. The maximum atomic E-state index is 3.97. The number of benzene rings is 1. The van der Waals surface area contributed by atoms with Gasteiger partial charge in [0.25, 0.3) is 0 Å². The van der Waals surface area contributed by atoms with Gasteiger partial charge in [-0.05, 0) is 78.0 Å². The number of rotatable bonds is 7. The molecule has 0 aliphatic heterocycles. The van der Waals surface area contributed by atoms with Crippen molar-refractivity contribution in [3.63, 3.8) is 0 Å². The molecule has 25 heavy (non-hydrogen) atoms. The molecule has 1 fully saturated rings. The fraction of sp³-hybridized carbons (Fsp3) is 0.714. The fourth-order valence-corrected chi connectivity index (χ4v) is 5.55. The lowest BCUT2D eigenvalue weighted by molar-refractivity contribution is 0.334. The second kappa shape index (κ2) is 8.58. The Morgan fingerprint density at radius 1 is 1.08 bits per heavy atom. The molecule has 1 saturated carbocycles. The lowest BCUT2D eigenvalue weighted by Gasteiger charge is -2.34. The maximum Gasteiger partial charge on any atom is 0.0485 e. The van der Waals surface area contributed by atoms with Crippen LogP contribution in [0.15, 0.2) is 23.1 Å². The molecule has 2 nitrogen and oxygen atoms in total. The molecule has 2 atom stereocenters. The lowest BCUT2D eigenvalue weighted by atomic mass is 9.93. The molecule has 0 heterocycles. The average Bonchev–Trinajstić information content (AvgIpc) is 2.91. The van der Waals surface area contributed by atoms with Gasteiger partial charge in [-0.3, -0.25) is 0 Å². The highest BCUT2D eigenvalue weighted by Gasteiger charge is 2.31. The molecule has 1 aliphatic rings. The van der Waals surface area contributed by atoms with Crippen LogP contribution >= 0.6 is 23.5 Å². The zero-order valence-corrected chi connectivity index (χ0v) is 18.7. The zero-order chi connectivity index (χ0) is 18.7. The highest BCUT2D eigenvalue weighted by Crippen LogP contribution is 2.34. The second-order valence-corrected chi connectivity index (χ2v) is 10.8. The quantitative estimate of drug-likeness (QED) is 0.583. The summed E-state index contributed by atoms with van der Waals surface area (Å²) in [6.45, 7) is 11.4. The Hall–Kier alpha value is -0.320. The van der Waals surface area contributed by atoms with Crippen molar-refractivity contribution in [1.29, 1.82) is 0 Å². The van der Waals surface area contributed by atoms with E-state index in [1.54, 1.807) is 0 Å². The molecule has 0 amide bonds. The normalized spacial score (nSPS) is 21.6. The van der Waals surface area contributed by atoms with Crippen molar-refractivity contribution < 1.29 is 0 Å². The first-order valence-electron chi connectivity index (χ1n) is 9.40. The van der Waals surface area contributed by atoms with Crippen molar-refractivity contribution in [3.05, 3.63) is 23.8 Å². The van der Waals surface area contributed by atoms with Crippen molar-refractivity contribution in [2.45, 2.75) is 87.6 Å². The molecule has 4 heteroatoms. The van der Waals surface area contributed by atoms with Crippen molar-refractivity contribution in [3.8, 4) is 0 Å². The van der Waals surface area contributed by atoms with Crippen molar-refractivity contribution in [2.75, 3.05) is 17.8 Å². The van der Waals surface area contributed by atoms with Crippen LogP contribution in [0.5, 0.6) is 0 Å². The minimum Gasteiger partial charge on any atom is -0.380 e. The first kappa shape index (κ1) is 21.0. The first-order chi connectivity index (χ1) is 11.6. The highest BCUT2D eigenvalue weighted by molar-refractivity contribution is 7.99. The summed E-state index contributed by atoms with van der Waals surface area (Å²) in [6.07, 6.45) is 9.53. The molecule has 142 valence electrons. The van der Waals surface area contributed by atoms with Crippen LogP contribution < -0.4 is 10.6 Å². The Labute approximate surface area is 163 Å². The highest BCUT2D eigenvalue weighted by atomic mass is 32.2. The SMILES string of the molecule is CSc1c(CC(C)(C)NC2CCCC2SC)cccc1NC(C)(C)C. The van der Waals surface area contributed by atoms with E-state index in [0.29, 0.717) is 6.04 Å². The molecule has 2 rings (SSSR count). The van der Waals surface area contributed by atoms with Gasteiger partial charge in [0.1, 0.15) is 0 Å². The third-order valence-corrected chi connectivity index (χ3v) is 6.83. The third kappa shape index (κ3) is 6.11. The van der Waals surface area contributed by atoms with E-state index in [1.807, 2.05) is 23.5 Å². The van der Waals surface area contributed by atoms with E-state index in [0.717, 1.165) is 11.7 Å². The predicted molar refractivity (Wildman–Crippen MR) is 117 cm³/mol. The molecule has 0 aromatic heterocycles. The number of nitrogens with one attached hydrogen (secondary N) is 2. The van der Waals surface area contributed by atoms with E-state index in [9.17, 15) is 0 Å². The van der Waals surface area contributed by atoms with Gasteiger partial charge in [-0.1, -0.05) is 18.6 Å². The summed E-state index contributed by atoms with van der Waals surface area (Å²) in [6, 6.07) is 7.35. The minimum atomic E-state index is 0.0757. The van der Waals surface area contributed by atoms with Gasteiger partial charge in [-0.15, -0.1) is 11.8 Å². The molecule has 1 aromatic carbocycles. The summed E-state index contributed by atoms with van der Waals surface area (Å²) < 4.78 is 0. The van der Waals surface area contributed by atoms with Crippen LogP contribution in [0.2, 0.25) is 0 Å². The number of thioether (sulfide) groups is 2. The van der Waals surface area contributed by atoms with E-state index in [2.05, 4.69) is 76.0 Å². The van der Waals surface area contributed by atoms with Crippen molar-refractivity contribution >= 4 is 29.2 Å². The Morgan fingerprint density at radius 2 is 1.80 bits per heavy atom. The van der Waals surface area contributed by atoms with Crippen LogP contribution in [-0.2, 0) is 6.42 Å². The lowest BCUT2D eigenvalue weighted by Crippen LogP contribution is -2.49. The molecule has 2 N–H and O–H groups in total. The zero-order valence-electron chi connectivity index (χ0n) is 17.0. The van der Waals surface area contributed by atoms with Gasteiger partial charge >= 0.3 is 0 Å². The summed E-state index contributed by atoms with van der Waals surface area (Å²) in [5.74, 6) is 0. The second-order valence-electron chi connectivity index (χ2n) is 8.89. The van der Waals surface area contributed by atoms with Crippen LogP contribution in [0.1, 0.15) is 59.4 Å². The van der Waals surface area contributed by atoms with Gasteiger partial charge in [-0.25, -0.2) is 0 Å². The molecular formula is C21H36N2S2. The summed E-state index contributed by atoms with van der Waals surface area (Å²) in [4.78, 5) is 1.39. The fourth-order valence-electron chi connectivity index (χ4n) is 3.87. The van der Waals surface area contributed by atoms with E-state index in [4.69, 9.17) is 0 Å². The topological polar surface area (TPSA) is 24.1 Å². The molecule has 1 aromatic rings. The van der Waals surface area contributed by atoms with E-state index in [-0.39, 0.29) is 11.1 Å². The van der Waals surface area contributed by atoms with Gasteiger partial charge in [0, 0.05) is 33.0 Å². The molecule has 1 aliphatic carbocycles. The third-order valence-electron chi connectivity index (χ3n) is 4.77.